The molecule has 0 aliphatic carbocycles. The van der Waals surface area contributed by atoms with Gasteiger partial charge in [-0.2, -0.15) is 0 Å². The summed E-state index contributed by atoms with van der Waals surface area (Å²) in [4.78, 5) is 23.7. The normalized spacial score (nSPS) is 10.4. The maximum Gasteiger partial charge on any atom is 0.255 e. The van der Waals surface area contributed by atoms with E-state index < -0.39 is 0 Å². The summed E-state index contributed by atoms with van der Waals surface area (Å²) in [7, 11) is 0. The van der Waals surface area contributed by atoms with Gasteiger partial charge in [-0.3, -0.25) is 9.59 Å². The minimum atomic E-state index is -0.222. The molecule has 2 aromatic rings. The Morgan fingerprint density at radius 3 is 2.30 bits per heavy atom. The lowest BCUT2D eigenvalue weighted by Gasteiger charge is -2.09. The minimum absolute atomic E-state index is 0.00590. The first-order valence-corrected chi connectivity index (χ1v) is 7.50. The van der Waals surface area contributed by atoms with Crippen LogP contribution in [0.1, 0.15) is 29.8 Å². The highest BCUT2D eigenvalue weighted by molar-refractivity contribution is 6.05. The summed E-state index contributed by atoms with van der Waals surface area (Å²) in [6.45, 7) is 4.14. The van der Waals surface area contributed by atoms with Gasteiger partial charge < -0.3 is 16.4 Å². The molecule has 0 fully saturated rings. The molecule has 0 saturated carbocycles. The molecule has 5 heteroatoms. The van der Waals surface area contributed by atoms with Crippen molar-refractivity contribution < 1.29 is 9.59 Å². The Morgan fingerprint density at radius 2 is 1.70 bits per heavy atom. The standard InChI is InChI=1S/C18H21N3O2/c1-12(2)17(22)20-11-13-7-9-14(10-8-13)18(23)21-16-6-4-3-5-15(16)19/h3-10,12H,11,19H2,1-2H3,(H,20,22)(H,21,23). The topological polar surface area (TPSA) is 84.2 Å². The number of nitrogens with two attached hydrogens (primary N) is 1. The SMILES string of the molecule is CC(C)C(=O)NCc1ccc(C(=O)Nc2ccccc2N)cc1. The highest BCUT2D eigenvalue weighted by Crippen LogP contribution is 2.18. The number of carbonyl (C=O) groups is 2. The second-order valence-corrected chi connectivity index (χ2v) is 5.61. The van der Waals surface area contributed by atoms with E-state index in [1.54, 1.807) is 24.3 Å². The number of hydrogen-bond acceptors (Lipinski definition) is 3. The number of para-hydroxylation sites is 2. The van der Waals surface area contributed by atoms with Gasteiger partial charge in [0.25, 0.3) is 5.91 Å². The first kappa shape index (κ1) is 16.5. The van der Waals surface area contributed by atoms with Crippen LogP contribution in [-0.2, 0) is 11.3 Å². The van der Waals surface area contributed by atoms with Crippen molar-refractivity contribution in [2.75, 3.05) is 11.1 Å². The Morgan fingerprint density at radius 1 is 1.04 bits per heavy atom. The highest BCUT2D eigenvalue weighted by atomic mass is 16.2. The van der Waals surface area contributed by atoms with Crippen LogP contribution in [0.2, 0.25) is 0 Å². The Kier molecular flexibility index (Phi) is 5.36. The molecule has 0 aliphatic heterocycles. The van der Waals surface area contributed by atoms with E-state index in [-0.39, 0.29) is 17.7 Å². The average molecular weight is 311 g/mol. The zero-order valence-electron chi connectivity index (χ0n) is 13.3. The first-order valence-electron chi connectivity index (χ1n) is 7.50. The lowest BCUT2D eigenvalue weighted by Crippen LogP contribution is -2.27. The first-order chi connectivity index (χ1) is 11.0. The largest absolute Gasteiger partial charge is 0.397 e. The number of carbonyl (C=O) groups excluding carboxylic acids is 2. The fourth-order valence-corrected chi connectivity index (χ4v) is 1.97. The Bertz CT molecular complexity index is 694. The second-order valence-electron chi connectivity index (χ2n) is 5.61. The summed E-state index contributed by atoms with van der Waals surface area (Å²) < 4.78 is 0. The van der Waals surface area contributed by atoms with E-state index in [4.69, 9.17) is 5.73 Å². The van der Waals surface area contributed by atoms with Crippen LogP contribution in [0.5, 0.6) is 0 Å². The van der Waals surface area contributed by atoms with Gasteiger partial charge in [-0.05, 0) is 29.8 Å². The maximum absolute atomic E-state index is 12.2. The van der Waals surface area contributed by atoms with Crippen molar-refractivity contribution >= 4 is 23.2 Å². The van der Waals surface area contributed by atoms with Crippen LogP contribution in [-0.4, -0.2) is 11.8 Å². The second kappa shape index (κ2) is 7.45. The summed E-state index contributed by atoms with van der Waals surface area (Å²) in [5, 5.41) is 5.62. The van der Waals surface area contributed by atoms with Gasteiger partial charge in [-0.25, -0.2) is 0 Å². The minimum Gasteiger partial charge on any atom is -0.397 e. The van der Waals surface area contributed by atoms with Crippen molar-refractivity contribution in [1.82, 2.24) is 5.32 Å². The fourth-order valence-electron chi connectivity index (χ4n) is 1.97. The van der Waals surface area contributed by atoms with Gasteiger partial charge in [0.15, 0.2) is 0 Å². The predicted molar refractivity (Wildman–Crippen MR) is 91.9 cm³/mol. The summed E-state index contributed by atoms with van der Waals surface area (Å²) in [5.41, 5.74) is 8.39. The summed E-state index contributed by atoms with van der Waals surface area (Å²) in [6, 6.07) is 14.2. The molecule has 0 aromatic heterocycles. The lowest BCUT2D eigenvalue weighted by molar-refractivity contribution is -0.124. The Labute approximate surface area is 135 Å². The zero-order valence-corrected chi connectivity index (χ0v) is 13.3. The summed E-state index contributed by atoms with van der Waals surface area (Å²) >= 11 is 0. The molecule has 0 radical (unpaired) electrons. The Balaban J connectivity index is 1.98. The quantitative estimate of drug-likeness (QED) is 0.742. The third-order valence-corrected chi connectivity index (χ3v) is 3.42. The molecule has 23 heavy (non-hydrogen) atoms. The van der Waals surface area contributed by atoms with Crippen molar-refractivity contribution in [2.45, 2.75) is 20.4 Å². The van der Waals surface area contributed by atoms with E-state index in [2.05, 4.69) is 10.6 Å². The van der Waals surface area contributed by atoms with Crippen LogP contribution in [0.15, 0.2) is 48.5 Å². The van der Waals surface area contributed by atoms with E-state index in [9.17, 15) is 9.59 Å². The molecule has 2 rings (SSSR count). The van der Waals surface area contributed by atoms with E-state index in [1.807, 2.05) is 38.1 Å². The molecule has 0 aliphatic rings. The summed E-state index contributed by atoms with van der Waals surface area (Å²) in [5.74, 6) is -0.261. The van der Waals surface area contributed by atoms with E-state index in [1.165, 1.54) is 0 Å². The molecule has 0 unspecified atom stereocenters. The van der Waals surface area contributed by atoms with Crippen molar-refractivity contribution in [3.63, 3.8) is 0 Å². The number of nitrogen functional groups attached to an aromatic ring is 1. The van der Waals surface area contributed by atoms with Gasteiger partial charge in [-0.1, -0.05) is 38.1 Å². The van der Waals surface area contributed by atoms with Gasteiger partial charge in [0.2, 0.25) is 5.91 Å². The van der Waals surface area contributed by atoms with E-state index in [0.717, 1.165) is 5.56 Å². The molecule has 2 amide bonds. The van der Waals surface area contributed by atoms with Gasteiger partial charge in [0.05, 0.1) is 11.4 Å². The van der Waals surface area contributed by atoms with Gasteiger partial charge in [-0.15, -0.1) is 0 Å². The van der Waals surface area contributed by atoms with Gasteiger partial charge in [0, 0.05) is 18.0 Å². The molecular formula is C18H21N3O2. The van der Waals surface area contributed by atoms with Crippen molar-refractivity contribution in [3.05, 3.63) is 59.7 Å². The molecular weight excluding hydrogens is 290 g/mol. The molecule has 0 atom stereocenters. The number of anilines is 2. The molecule has 0 spiro atoms. The molecule has 0 saturated heterocycles. The van der Waals surface area contributed by atoms with Crippen LogP contribution < -0.4 is 16.4 Å². The van der Waals surface area contributed by atoms with Crippen LogP contribution >= 0.6 is 0 Å². The lowest BCUT2D eigenvalue weighted by atomic mass is 10.1. The highest BCUT2D eigenvalue weighted by Gasteiger charge is 2.09. The Hall–Kier alpha value is -2.82. The molecule has 4 N–H and O–H groups in total. The van der Waals surface area contributed by atoms with Gasteiger partial charge in [0.1, 0.15) is 0 Å². The molecule has 5 nitrogen and oxygen atoms in total. The predicted octanol–water partition coefficient (Wildman–Crippen LogP) is 2.79. The fraction of sp³-hybridized carbons (Fsp3) is 0.222. The van der Waals surface area contributed by atoms with Crippen molar-refractivity contribution in [3.8, 4) is 0 Å². The van der Waals surface area contributed by atoms with Crippen LogP contribution in [0.4, 0.5) is 11.4 Å². The van der Waals surface area contributed by atoms with Crippen LogP contribution in [0.3, 0.4) is 0 Å². The van der Waals surface area contributed by atoms with Crippen molar-refractivity contribution in [1.29, 1.82) is 0 Å². The van der Waals surface area contributed by atoms with E-state index >= 15 is 0 Å². The summed E-state index contributed by atoms with van der Waals surface area (Å²) in [6.07, 6.45) is 0. The zero-order chi connectivity index (χ0) is 16.8. The average Bonchev–Trinajstić information content (AvgIpc) is 2.55. The molecule has 0 heterocycles. The van der Waals surface area contributed by atoms with E-state index in [0.29, 0.717) is 23.5 Å². The third-order valence-electron chi connectivity index (χ3n) is 3.42. The number of nitrogens with one attached hydrogen (secondary N) is 2. The molecule has 2 aromatic carbocycles. The monoisotopic (exact) mass is 311 g/mol. The van der Waals surface area contributed by atoms with Crippen LogP contribution in [0, 0.1) is 5.92 Å². The molecule has 120 valence electrons. The molecule has 0 bridgehead atoms. The number of amides is 2. The third kappa shape index (κ3) is 4.57. The van der Waals surface area contributed by atoms with Crippen LogP contribution in [0.25, 0.3) is 0 Å². The maximum atomic E-state index is 12.2. The van der Waals surface area contributed by atoms with Gasteiger partial charge >= 0.3 is 0 Å². The number of hydrogen-bond donors (Lipinski definition) is 3. The smallest absolute Gasteiger partial charge is 0.255 e. The number of benzene rings is 2. The number of rotatable bonds is 5. The van der Waals surface area contributed by atoms with Crippen molar-refractivity contribution in [2.24, 2.45) is 5.92 Å².